The Balaban J connectivity index is 1.75. The lowest BCUT2D eigenvalue weighted by Crippen LogP contribution is -2.31. The van der Waals surface area contributed by atoms with Crippen LogP contribution < -0.4 is 0 Å². The molecule has 3 fully saturated rings. The second-order valence-electron chi connectivity index (χ2n) is 10.9. The molecule has 1 heteroatoms. The van der Waals surface area contributed by atoms with Crippen molar-refractivity contribution in [2.45, 2.75) is 92.4 Å². The van der Waals surface area contributed by atoms with Gasteiger partial charge in [0.1, 0.15) is 5.78 Å². The summed E-state index contributed by atoms with van der Waals surface area (Å²) in [5.41, 5.74) is 3.04. The number of rotatable bonds is 10. The number of carbonyl (C=O) groups excluding carboxylic acids is 1. The van der Waals surface area contributed by atoms with Gasteiger partial charge in [0.05, 0.1) is 0 Å². The van der Waals surface area contributed by atoms with E-state index in [1.807, 2.05) is 0 Å². The van der Waals surface area contributed by atoms with E-state index >= 15 is 0 Å². The van der Waals surface area contributed by atoms with Crippen LogP contribution in [0.25, 0.3) is 0 Å². The predicted molar refractivity (Wildman–Crippen MR) is 120 cm³/mol. The first kappa shape index (κ1) is 21.8. The second-order valence-corrected chi connectivity index (χ2v) is 10.9. The average Bonchev–Trinajstić information content (AvgIpc) is 3.14. The highest BCUT2D eigenvalue weighted by molar-refractivity contribution is 5.84. The maximum atomic E-state index is 13.7. The van der Waals surface area contributed by atoms with E-state index in [4.69, 9.17) is 0 Å². The number of ketones is 1. The molecule has 3 rings (SSSR count). The van der Waals surface area contributed by atoms with Gasteiger partial charge in [-0.1, -0.05) is 78.2 Å². The van der Waals surface area contributed by atoms with Crippen molar-refractivity contribution in [1.82, 2.24) is 0 Å². The molecule has 0 amide bonds. The molecule has 0 aromatic heterocycles. The van der Waals surface area contributed by atoms with Gasteiger partial charge < -0.3 is 0 Å². The number of allylic oxidation sites excluding steroid dienone is 2. The molecule has 1 nitrogen and oxygen atoms in total. The minimum absolute atomic E-state index is 0.223. The fourth-order valence-corrected chi connectivity index (χ4v) is 6.99. The quantitative estimate of drug-likeness (QED) is 0.354. The molecule has 0 radical (unpaired) electrons. The van der Waals surface area contributed by atoms with Crippen LogP contribution in [0.1, 0.15) is 92.4 Å². The molecule has 0 saturated heterocycles. The van der Waals surface area contributed by atoms with Crippen molar-refractivity contribution in [1.29, 1.82) is 0 Å². The van der Waals surface area contributed by atoms with Gasteiger partial charge in [0.25, 0.3) is 0 Å². The predicted octanol–water partition coefficient (Wildman–Crippen LogP) is 7.62. The average molecular weight is 385 g/mol. The molecule has 3 saturated carbocycles. The summed E-state index contributed by atoms with van der Waals surface area (Å²) < 4.78 is 0. The summed E-state index contributed by atoms with van der Waals surface area (Å²) in [5, 5.41) is 0. The van der Waals surface area contributed by atoms with Crippen molar-refractivity contribution < 1.29 is 4.79 Å². The van der Waals surface area contributed by atoms with Crippen LogP contribution in [0.5, 0.6) is 0 Å². The molecule has 158 valence electrons. The van der Waals surface area contributed by atoms with Crippen LogP contribution in [-0.4, -0.2) is 5.78 Å². The van der Waals surface area contributed by atoms with Crippen LogP contribution in [0.4, 0.5) is 0 Å². The normalized spacial score (nSPS) is 33.3. The molecule has 28 heavy (non-hydrogen) atoms. The monoisotopic (exact) mass is 384 g/mol. The van der Waals surface area contributed by atoms with E-state index in [1.165, 1.54) is 43.3 Å². The second kappa shape index (κ2) is 8.49. The zero-order chi connectivity index (χ0) is 20.6. The van der Waals surface area contributed by atoms with E-state index in [2.05, 4.69) is 47.8 Å². The van der Waals surface area contributed by atoms with E-state index in [0.717, 1.165) is 31.1 Å². The van der Waals surface area contributed by atoms with Crippen LogP contribution >= 0.6 is 0 Å². The highest BCUT2D eigenvalue weighted by atomic mass is 16.1. The van der Waals surface area contributed by atoms with E-state index in [1.54, 1.807) is 0 Å². The highest BCUT2D eigenvalue weighted by Crippen LogP contribution is 2.72. The lowest BCUT2D eigenvalue weighted by Gasteiger charge is -2.33. The van der Waals surface area contributed by atoms with Gasteiger partial charge in [-0.05, 0) is 73.0 Å². The smallest absolute Gasteiger partial charge is 0.137 e. The standard InChI is InChI=1S/C27H44O/c1-8-12-21(17(3)9-2)15-24(28)25-22(16-23-26(25)27(23,6)7)19(5)18(4)20-13-10-11-14-20/h18,20-23,25-26H,3,5,8-16H2,1-2,4,6-7H3. The summed E-state index contributed by atoms with van der Waals surface area (Å²) >= 11 is 0. The third-order valence-electron chi connectivity index (χ3n) is 9.12. The van der Waals surface area contributed by atoms with E-state index in [9.17, 15) is 4.79 Å². The van der Waals surface area contributed by atoms with Crippen molar-refractivity contribution in [3.8, 4) is 0 Å². The van der Waals surface area contributed by atoms with Crippen molar-refractivity contribution in [2.24, 2.45) is 46.8 Å². The lowest BCUT2D eigenvalue weighted by molar-refractivity contribution is -0.125. The zero-order valence-corrected chi connectivity index (χ0v) is 19.2. The minimum atomic E-state index is 0.223. The summed E-state index contributed by atoms with van der Waals surface area (Å²) in [7, 11) is 0. The summed E-state index contributed by atoms with van der Waals surface area (Å²) in [6, 6.07) is 0. The number of hydrogen-bond acceptors (Lipinski definition) is 1. The van der Waals surface area contributed by atoms with E-state index < -0.39 is 0 Å². The molecule has 6 unspecified atom stereocenters. The van der Waals surface area contributed by atoms with Gasteiger partial charge >= 0.3 is 0 Å². The highest BCUT2D eigenvalue weighted by Gasteiger charge is 2.68. The molecular formula is C27H44O. The maximum Gasteiger partial charge on any atom is 0.137 e. The Morgan fingerprint density at radius 2 is 1.79 bits per heavy atom. The fraction of sp³-hybridized carbons (Fsp3) is 0.815. The Morgan fingerprint density at radius 1 is 1.14 bits per heavy atom. The molecule has 0 aliphatic heterocycles. The van der Waals surface area contributed by atoms with Crippen molar-refractivity contribution in [2.75, 3.05) is 0 Å². The van der Waals surface area contributed by atoms with Gasteiger partial charge in [0.15, 0.2) is 0 Å². The van der Waals surface area contributed by atoms with Gasteiger partial charge in [-0.15, -0.1) is 0 Å². The summed E-state index contributed by atoms with van der Waals surface area (Å²) in [5.74, 6) is 4.28. The van der Waals surface area contributed by atoms with Gasteiger partial charge in [-0.3, -0.25) is 4.79 Å². The van der Waals surface area contributed by atoms with Crippen molar-refractivity contribution in [3.05, 3.63) is 24.3 Å². The van der Waals surface area contributed by atoms with Gasteiger partial charge in [-0.2, -0.15) is 0 Å². The van der Waals surface area contributed by atoms with Crippen LogP contribution in [-0.2, 0) is 4.79 Å². The first-order valence-corrected chi connectivity index (χ1v) is 12.1. The zero-order valence-electron chi connectivity index (χ0n) is 19.2. The Morgan fingerprint density at radius 3 is 2.36 bits per heavy atom. The Labute approximate surface area is 174 Å². The minimum Gasteiger partial charge on any atom is -0.299 e. The molecule has 3 aliphatic rings. The summed E-state index contributed by atoms with van der Waals surface area (Å²) in [4.78, 5) is 13.7. The molecule has 6 atom stereocenters. The van der Waals surface area contributed by atoms with Gasteiger partial charge in [0.2, 0.25) is 0 Å². The van der Waals surface area contributed by atoms with Crippen LogP contribution in [0.3, 0.4) is 0 Å². The Bertz CT molecular complexity index is 606. The number of carbonyl (C=O) groups is 1. The molecule has 0 aromatic carbocycles. The number of fused-ring (bicyclic) bond motifs is 1. The van der Waals surface area contributed by atoms with E-state index in [-0.39, 0.29) is 5.92 Å². The van der Waals surface area contributed by atoms with Gasteiger partial charge in [0, 0.05) is 12.3 Å². The Kier molecular flexibility index (Phi) is 6.62. The molecule has 0 heterocycles. The third-order valence-corrected chi connectivity index (χ3v) is 9.12. The largest absolute Gasteiger partial charge is 0.299 e. The number of hydrogen-bond donors (Lipinski definition) is 0. The van der Waals surface area contributed by atoms with Crippen LogP contribution in [0.2, 0.25) is 0 Å². The van der Waals surface area contributed by atoms with Crippen LogP contribution in [0, 0.1) is 46.8 Å². The summed E-state index contributed by atoms with van der Waals surface area (Å²) in [6.45, 7) is 20.5. The maximum absolute atomic E-state index is 13.7. The number of Topliss-reactive ketones (excluding diaryl/α,β-unsaturated/α-hetero) is 1. The lowest BCUT2D eigenvalue weighted by atomic mass is 9.71. The SMILES string of the molecule is C=C(CC)C(CCC)CC(=O)C1C(C(=C)C(C)C2CCCC2)CC2C1C2(C)C. The van der Waals surface area contributed by atoms with E-state index in [0.29, 0.717) is 41.3 Å². The first-order valence-electron chi connectivity index (χ1n) is 12.1. The molecule has 0 N–H and O–H groups in total. The molecule has 0 spiro atoms. The molecular weight excluding hydrogens is 340 g/mol. The Hall–Kier alpha value is -0.850. The van der Waals surface area contributed by atoms with Crippen molar-refractivity contribution >= 4 is 5.78 Å². The third kappa shape index (κ3) is 3.92. The van der Waals surface area contributed by atoms with Gasteiger partial charge in [-0.25, -0.2) is 0 Å². The summed E-state index contributed by atoms with van der Waals surface area (Å²) in [6.07, 6.45) is 10.6. The molecule has 0 aromatic rings. The topological polar surface area (TPSA) is 17.1 Å². The molecule has 3 aliphatic carbocycles. The van der Waals surface area contributed by atoms with Crippen LogP contribution in [0.15, 0.2) is 24.3 Å². The first-order chi connectivity index (χ1) is 13.2. The fourth-order valence-electron chi connectivity index (χ4n) is 6.99. The molecule has 0 bridgehead atoms. The van der Waals surface area contributed by atoms with Crippen molar-refractivity contribution in [3.63, 3.8) is 0 Å².